The van der Waals surface area contributed by atoms with Crippen LogP contribution in [0.15, 0.2) is 16.6 Å². The van der Waals surface area contributed by atoms with Crippen LogP contribution < -0.4 is 0 Å². The van der Waals surface area contributed by atoms with Crippen molar-refractivity contribution in [1.82, 2.24) is 9.80 Å². The molecule has 0 aliphatic carbocycles. The van der Waals surface area contributed by atoms with Gasteiger partial charge in [0.2, 0.25) is 0 Å². The molecular weight excluding hydrogens is 339 g/mol. The highest BCUT2D eigenvalue weighted by atomic mass is 79.9. The average Bonchev–Trinajstić information content (AvgIpc) is 2.34. The van der Waals surface area contributed by atoms with Crippen molar-refractivity contribution < 1.29 is 4.79 Å². The summed E-state index contributed by atoms with van der Waals surface area (Å²) in [5.74, 6) is -0.0532. The number of halogens is 3. The summed E-state index contributed by atoms with van der Waals surface area (Å²) >= 11 is 15.4. The van der Waals surface area contributed by atoms with Gasteiger partial charge in [-0.25, -0.2) is 0 Å². The van der Waals surface area contributed by atoms with Gasteiger partial charge >= 0.3 is 0 Å². The molecule has 18 heavy (non-hydrogen) atoms. The average molecular weight is 352 g/mol. The molecule has 1 saturated heterocycles. The zero-order valence-corrected chi connectivity index (χ0v) is 13.0. The van der Waals surface area contributed by atoms with Crippen LogP contribution in [-0.4, -0.2) is 48.9 Å². The van der Waals surface area contributed by atoms with Gasteiger partial charge in [-0.1, -0.05) is 23.2 Å². The molecule has 1 amide bonds. The van der Waals surface area contributed by atoms with Gasteiger partial charge < -0.3 is 9.80 Å². The first-order chi connectivity index (χ1) is 8.49. The normalized spacial score (nSPS) is 17.0. The van der Waals surface area contributed by atoms with Crippen molar-refractivity contribution in [2.75, 3.05) is 33.2 Å². The number of nitrogens with zero attached hydrogens (tertiary/aromatic N) is 2. The predicted molar refractivity (Wildman–Crippen MR) is 77.6 cm³/mol. The topological polar surface area (TPSA) is 23.6 Å². The molecule has 1 aliphatic heterocycles. The van der Waals surface area contributed by atoms with Gasteiger partial charge in [0.25, 0.3) is 5.91 Å². The van der Waals surface area contributed by atoms with Gasteiger partial charge in [0.15, 0.2) is 0 Å². The number of benzene rings is 1. The lowest BCUT2D eigenvalue weighted by Crippen LogP contribution is -2.47. The minimum absolute atomic E-state index is 0.0532. The van der Waals surface area contributed by atoms with Gasteiger partial charge in [-0.3, -0.25) is 4.79 Å². The summed E-state index contributed by atoms with van der Waals surface area (Å²) in [6.07, 6.45) is 0. The highest BCUT2D eigenvalue weighted by Crippen LogP contribution is 2.30. The maximum Gasteiger partial charge on any atom is 0.255 e. The third-order valence-electron chi connectivity index (χ3n) is 3.03. The van der Waals surface area contributed by atoms with Crippen LogP contribution in [-0.2, 0) is 0 Å². The summed E-state index contributed by atoms with van der Waals surface area (Å²) in [5, 5.41) is 0.923. The van der Waals surface area contributed by atoms with Crippen molar-refractivity contribution >= 4 is 45.0 Å². The Morgan fingerprint density at radius 2 is 1.78 bits per heavy atom. The van der Waals surface area contributed by atoms with Crippen LogP contribution in [0.25, 0.3) is 0 Å². The second kappa shape index (κ2) is 5.78. The molecular formula is C12H13BrCl2N2O. The largest absolute Gasteiger partial charge is 0.336 e. The minimum Gasteiger partial charge on any atom is -0.336 e. The number of hydrogen-bond acceptors (Lipinski definition) is 2. The van der Waals surface area contributed by atoms with Crippen LogP contribution in [0.4, 0.5) is 0 Å². The standard InChI is InChI=1S/C12H13BrCl2N2O/c1-16-2-4-17(5-3-16)12(18)8-6-11(15)9(13)7-10(8)14/h6-7H,2-5H2,1H3. The van der Waals surface area contributed by atoms with E-state index in [1.807, 2.05) is 11.9 Å². The summed E-state index contributed by atoms with van der Waals surface area (Å²) in [6.45, 7) is 3.21. The second-order valence-corrected chi connectivity index (χ2v) is 6.01. The lowest BCUT2D eigenvalue weighted by Gasteiger charge is -2.32. The van der Waals surface area contributed by atoms with Crippen molar-refractivity contribution in [2.24, 2.45) is 0 Å². The maximum absolute atomic E-state index is 12.3. The highest BCUT2D eigenvalue weighted by Gasteiger charge is 2.22. The van der Waals surface area contributed by atoms with E-state index in [9.17, 15) is 4.79 Å². The first-order valence-electron chi connectivity index (χ1n) is 5.61. The van der Waals surface area contributed by atoms with Crippen LogP contribution >= 0.6 is 39.1 Å². The third kappa shape index (κ3) is 2.99. The fourth-order valence-corrected chi connectivity index (χ4v) is 2.75. The fraction of sp³-hybridized carbons (Fsp3) is 0.417. The number of hydrogen-bond donors (Lipinski definition) is 0. The summed E-state index contributed by atoms with van der Waals surface area (Å²) in [7, 11) is 2.05. The Labute approximate surface area is 125 Å². The van der Waals surface area contributed by atoms with Gasteiger partial charge in [0.05, 0.1) is 15.6 Å². The maximum atomic E-state index is 12.3. The molecule has 1 aromatic carbocycles. The van der Waals surface area contributed by atoms with Gasteiger partial charge in [0, 0.05) is 30.7 Å². The molecule has 0 spiro atoms. The molecule has 0 bridgehead atoms. The van der Waals surface area contributed by atoms with Crippen LogP contribution in [0, 0.1) is 0 Å². The number of carbonyl (C=O) groups excluding carboxylic acids is 1. The summed E-state index contributed by atoms with van der Waals surface area (Å²) < 4.78 is 0.698. The number of rotatable bonds is 1. The molecule has 1 aromatic rings. The number of carbonyl (C=O) groups is 1. The van der Waals surface area contributed by atoms with E-state index >= 15 is 0 Å². The van der Waals surface area contributed by atoms with E-state index in [-0.39, 0.29) is 5.91 Å². The molecule has 2 rings (SSSR count). The molecule has 1 fully saturated rings. The molecule has 1 heterocycles. The molecule has 1 aliphatic rings. The van der Waals surface area contributed by atoms with E-state index in [0.717, 1.165) is 26.2 Å². The lowest BCUT2D eigenvalue weighted by atomic mass is 10.2. The quantitative estimate of drug-likeness (QED) is 0.725. The minimum atomic E-state index is -0.0532. The second-order valence-electron chi connectivity index (χ2n) is 4.34. The molecule has 6 heteroatoms. The number of amides is 1. The van der Waals surface area contributed by atoms with E-state index in [4.69, 9.17) is 23.2 Å². The van der Waals surface area contributed by atoms with Gasteiger partial charge in [-0.15, -0.1) is 0 Å². The van der Waals surface area contributed by atoms with Crippen molar-refractivity contribution in [1.29, 1.82) is 0 Å². The fourth-order valence-electron chi connectivity index (χ4n) is 1.87. The van der Waals surface area contributed by atoms with Crippen LogP contribution in [0.5, 0.6) is 0 Å². The van der Waals surface area contributed by atoms with Crippen molar-refractivity contribution in [3.05, 3.63) is 32.2 Å². The van der Waals surface area contributed by atoms with Crippen molar-refractivity contribution in [3.63, 3.8) is 0 Å². The van der Waals surface area contributed by atoms with E-state index < -0.39 is 0 Å². The Morgan fingerprint density at radius 1 is 1.17 bits per heavy atom. The zero-order valence-electron chi connectivity index (χ0n) is 9.92. The zero-order chi connectivity index (χ0) is 13.3. The molecule has 0 unspecified atom stereocenters. The molecule has 0 aromatic heterocycles. The monoisotopic (exact) mass is 350 g/mol. The number of likely N-dealkylation sites (N-methyl/N-ethyl adjacent to an activating group) is 1. The Balaban J connectivity index is 2.21. The lowest BCUT2D eigenvalue weighted by molar-refractivity contribution is 0.0664. The van der Waals surface area contributed by atoms with Gasteiger partial charge in [-0.05, 0) is 35.1 Å². The van der Waals surface area contributed by atoms with Gasteiger partial charge in [-0.2, -0.15) is 0 Å². The Bertz CT molecular complexity index is 473. The molecule has 3 nitrogen and oxygen atoms in total. The van der Waals surface area contributed by atoms with Crippen molar-refractivity contribution in [2.45, 2.75) is 0 Å². The van der Waals surface area contributed by atoms with Crippen LogP contribution in [0.1, 0.15) is 10.4 Å². The Morgan fingerprint density at radius 3 is 2.39 bits per heavy atom. The molecule has 98 valence electrons. The first-order valence-corrected chi connectivity index (χ1v) is 7.16. The van der Waals surface area contributed by atoms with Gasteiger partial charge in [0.1, 0.15) is 0 Å². The first kappa shape index (κ1) is 14.1. The molecule has 0 radical (unpaired) electrons. The smallest absolute Gasteiger partial charge is 0.255 e. The van der Waals surface area contributed by atoms with Crippen LogP contribution in [0.2, 0.25) is 10.0 Å². The van der Waals surface area contributed by atoms with E-state index in [0.29, 0.717) is 20.1 Å². The van der Waals surface area contributed by atoms with Crippen LogP contribution in [0.3, 0.4) is 0 Å². The molecule has 0 atom stereocenters. The van der Waals surface area contributed by atoms with E-state index in [1.54, 1.807) is 12.1 Å². The molecule has 0 N–H and O–H groups in total. The summed E-state index contributed by atoms with van der Waals surface area (Å²) in [5.41, 5.74) is 0.467. The Kier molecular flexibility index (Phi) is 4.54. The number of piperazine rings is 1. The highest BCUT2D eigenvalue weighted by molar-refractivity contribution is 9.10. The molecule has 0 saturated carbocycles. The Hall–Kier alpha value is -0.290. The van der Waals surface area contributed by atoms with Crippen molar-refractivity contribution in [3.8, 4) is 0 Å². The van der Waals surface area contributed by atoms with E-state index in [2.05, 4.69) is 20.8 Å². The summed E-state index contributed by atoms with van der Waals surface area (Å²) in [6, 6.07) is 3.28. The van der Waals surface area contributed by atoms with E-state index in [1.165, 1.54) is 0 Å². The third-order valence-corrected chi connectivity index (χ3v) is 4.54. The SMILES string of the molecule is CN1CCN(C(=O)c2cc(Cl)c(Br)cc2Cl)CC1. The predicted octanol–water partition coefficient (Wildman–Crippen LogP) is 3.14. The summed E-state index contributed by atoms with van der Waals surface area (Å²) in [4.78, 5) is 16.3.